The minimum Gasteiger partial charge on any atom is -0.488 e. The van der Waals surface area contributed by atoms with Gasteiger partial charge in [-0.15, -0.1) is 0 Å². The van der Waals surface area contributed by atoms with E-state index in [4.69, 9.17) is 9.47 Å². The molecule has 0 aromatic heterocycles. The zero-order valence-corrected chi connectivity index (χ0v) is 27.9. The van der Waals surface area contributed by atoms with Gasteiger partial charge in [-0.3, -0.25) is 0 Å². The van der Waals surface area contributed by atoms with Gasteiger partial charge in [-0.2, -0.15) is 0 Å². The van der Waals surface area contributed by atoms with Crippen molar-refractivity contribution in [3.63, 3.8) is 0 Å². The lowest BCUT2D eigenvalue weighted by Crippen LogP contribution is -2.12. The zero-order valence-electron chi connectivity index (χ0n) is 27.9. The van der Waals surface area contributed by atoms with E-state index < -0.39 is 11.9 Å². The standard InChI is InChI=1S/2C20H21NO3/c2*1-21(2)11-5-8-17-16-7-4-3-6-15(16)13-24-19-10-9-14(20(22)23)12-18(17)19/h2*3-4,6-10,12H,5,11,13H2,1-2H3,(H,22,23)/b17-8+;17-8-. The van der Waals surface area contributed by atoms with Crippen molar-refractivity contribution >= 4 is 23.1 Å². The van der Waals surface area contributed by atoms with Gasteiger partial charge in [-0.25, -0.2) is 9.59 Å². The highest BCUT2D eigenvalue weighted by atomic mass is 16.5. The predicted molar refractivity (Wildman–Crippen MR) is 189 cm³/mol. The van der Waals surface area contributed by atoms with E-state index >= 15 is 0 Å². The molecule has 4 aromatic rings. The van der Waals surface area contributed by atoms with Crippen LogP contribution in [0.15, 0.2) is 97.1 Å². The van der Waals surface area contributed by atoms with Crippen LogP contribution in [-0.2, 0) is 13.2 Å². The Bertz CT molecular complexity index is 1720. The largest absolute Gasteiger partial charge is 0.488 e. The number of aromatic carboxylic acids is 2. The number of carbonyl (C=O) groups is 2. The fourth-order valence-corrected chi connectivity index (χ4v) is 5.79. The molecule has 0 bridgehead atoms. The lowest BCUT2D eigenvalue weighted by atomic mass is 9.92. The molecule has 0 saturated carbocycles. The molecule has 48 heavy (non-hydrogen) atoms. The lowest BCUT2D eigenvalue weighted by molar-refractivity contribution is 0.0686. The molecule has 0 unspecified atom stereocenters. The number of carboxylic acid groups (broad SMARTS) is 2. The maximum Gasteiger partial charge on any atom is 0.335 e. The first-order valence-corrected chi connectivity index (χ1v) is 16.0. The van der Waals surface area contributed by atoms with E-state index in [2.05, 4.69) is 46.2 Å². The van der Waals surface area contributed by atoms with E-state index in [1.54, 1.807) is 36.4 Å². The van der Waals surface area contributed by atoms with Gasteiger partial charge in [0.1, 0.15) is 24.7 Å². The number of carboxylic acids is 2. The Hall–Kier alpha value is -5.18. The Balaban J connectivity index is 0.000000188. The maximum atomic E-state index is 11.4. The summed E-state index contributed by atoms with van der Waals surface area (Å²) < 4.78 is 11.8. The molecule has 0 spiro atoms. The molecule has 0 atom stereocenters. The minimum absolute atomic E-state index is 0.273. The van der Waals surface area contributed by atoms with Gasteiger partial charge in [0.05, 0.1) is 11.1 Å². The van der Waals surface area contributed by atoms with Gasteiger partial charge in [-0.1, -0.05) is 60.7 Å². The first-order valence-electron chi connectivity index (χ1n) is 16.0. The number of rotatable bonds is 8. The SMILES string of the molecule is CN(C)CC/C=C1/c2ccccc2COc2ccc(C(=O)O)cc21.CN(C)CC/C=C1\c2ccccc2COc2ccc(C(=O)O)cc21. The molecule has 2 aliphatic heterocycles. The quantitative estimate of drug-likeness (QED) is 0.206. The summed E-state index contributed by atoms with van der Waals surface area (Å²) in [5.41, 5.74) is 8.77. The number of hydrogen-bond acceptors (Lipinski definition) is 6. The first kappa shape index (κ1) is 34.2. The van der Waals surface area contributed by atoms with Crippen molar-refractivity contribution in [1.82, 2.24) is 9.80 Å². The van der Waals surface area contributed by atoms with Gasteiger partial charge < -0.3 is 29.5 Å². The summed E-state index contributed by atoms with van der Waals surface area (Å²) in [5.74, 6) is -0.398. The second-order valence-corrected chi connectivity index (χ2v) is 12.3. The second kappa shape index (κ2) is 15.6. The third kappa shape index (κ3) is 8.20. The topological polar surface area (TPSA) is 99.5 Å². The summed E-state index contributed by atoms with van der Waals surface area (Å²) in [5, 5.41) is 18.6. The molecular formula is C40H42N2O6. The first-order chi connectivity index (χ1) is 23.1. The molecule has 0 radical (unpaired) electrons. The Labute approximate surface area is 282 Å². The molecule has 248 valence electrons. The monoisotopic (exact) mass is 646 g/mol. The number of nitrogens with zero attached hydrogens (tertiary/aromatic N) is 2. The molecule has 8 heteroatoms. The van der Waals surface area contributed by atoms with E-state index in [1.807, 2.05) is 52.5 Å². The second-order valence-electron chi connectivity index (χ2n) is 12.3. The van der Waals surface area contributed by atoms with Crippen molar-refractivity contribution in [2.75, 3.05) is 41.3 Å². The van der Waals surface area contributed by atoms with Crippen molar-refractivity contribution < 1.29 is 29.3 Å². The number of benzene rings is 4. The minimum atomic E-state index is -0.928. The lowest BCUT2D eigenvalue weighted by Gasteiger charge is -2.13. The van der Waals surface area contributed by atoms with Crippen LogP contribution in [0.4, 0.5) is 0 Å². The third-order valence-electron chi connectivity index (χ3n) is 8.26. The molecular weight excluding hydrogens is 604 g/mol. The van der Waals surface area contributed by atoms with Crippen LogP contribution >= 0.6 is 0 Å². The molecule has 0 fully saturated rings. The van der Waals surface area contributed by atoms with Crippen molar-refractivity contribution in [2.24, 2.45) is 0 Å². The van der Waals surface area contributed by atoms with Gasteiger partial charge in [0.25, 0.3) is 0 Å². The Kier molecular flexibility index (Phi) is 11.1. The van der Waals surface area contributed by atoms with Crippen LogP contribution in [-0.4, -0.2) is 73.2 Å². The number of hydrogen-bond donors (Lipinski definition) is 2. The summed E-state index contributed by atoms with van der Waals surface area (Å²) >= 11 is 0. The van der Waals surface area contributed by atoms with Crippen molar-refractivity contribution in [2.45, 2.75) is 26.1 Å². The van der Waals surface area contributed by atoms with E-state index in [1.165, 1.54) is 0 Å². The highest BCUT2D eigenvalue weighted by Crippen LogP contribution is 2.39. The highest BCUT2D eigenvalue weighted by molar-refractivity contribution is 5.93. The normalized spacial score (nSPS) is 14.7. The average molecular weight is 647 g/mol. The van der Waals surface area contributed by atoms with Crippen LogP contribution in [0.25, 0.3) is 11.1 Å². The van der Waals surface area contributed by atoms with Gasteiger partial charge in [-0.05, 0) is 111 Å². The van der Waals surface area contributed by atoms with E-state index in [9.17, 15) is 19.8 Å². The Morgan fingerprint density at radius 2 is 1.00 bits per heavy atom. The molecule has 8 nitrogen and oxygen atoms in total. The third-order valence-corrected chi connectivity index (χ3v) is 8.26. The highest BCUT2D eigenvalue weighted by Gasteiger charge is 2.22. The summed E-state index contributed by atoms with van der Waals surface area (Å²) in [6.45, 7) is 2.84. The molecule has 2 heterocycles. The number of fused-ring (bicyclic) bond motifs is 4. The van der Waals surface area contributed by atoms with Crippen LogP contribution in [0.2, 0.25) is 0 Å². The van der Waals surface area contributed by atoms with E-state index in [-0.39, 0.29) is 11.1 Å². The van der Waals surface area contributed by atoms with Crippen molar-refractivity contribution in [3.8, 4) is 11.5 Å². The summed E-state index contributed by atoms with van der Waals surface area (Å²) in [4.78, 5) is 27.0. The molecule has 2 aliphatic rings. The van der Waals surface area contributed by atoms with Crippen LogP contribution in [0.5, 0.6) is 11.5 Å². The predicted octanol–water partition coefficient (Wildman–Crippen LogP) is 7.32. The van der Waals surface area contributed by atoms with Crippen LogP contribution in [0.1, 0.15) is 66.9 Å². The van der Waals surface area contributed by atoms with Crippen molar-refractivity contribution in [1.29, 1.82) is 0 Å². The number of ether oxygens (including phenoxy) is 2. The fourth-order valence-electron chi connectivity index (χ4n) is 5.79. The van der Waals surface area contributed by atoms with Gasteiger partial charge in [0.2, 0.25) is 0 Å². The van der Waals surface area contributed by atoms with Crippen LogP contribution in [0, 0.1) is 0 Å². The smallest absolute Gasteiger partial charge is 0.335 e. The summed E-state index contributed by atoms with van der Waals surface area (Å²) in [7, 11) is 8.16. The van der Waals surface area contributed by atoms with Crippen molar-refractivity contribution in [3.05, 3.63) is 142 Å². The van der Waals surface area contributed by atoms with E-state index in [0.717, 1.165) is 82.0 Å². The Morgan fingerprint density at radius 1 is 0.604 bits per heavy atom. The van der Waals surface area contributed by atoms with E-state index in [0.29, 0.717) is 13.2 Å². The molecule has 0 saturated heterocycles. The van der Waals surface area contributed by atoms with Gasteiger partial charge >= 0.3 is 11.9 Å². The Morgan fingerprint density at radius 3 is 1.38 bits per heavy atom. The van der Waals surface area contributed by atoms with Gasteiger partial charge in [0, 0.05) is 24.2 Å². The molecule has 0 amide bonds. The molecule has 2 N–H and O–H groups in total. The molecule has 0 aliphatic carbocycles. The van der Waals surface area contributed by atoms with Gasteiger partial charge in [0.15, 0.2) is 0 Å². The van der Waals surface area contributed by atoms with Crippen LogP contribution in [0.3, 0.4) is 0 Å². The summed E-state index contributed by atoms with van der Waals surface area (Å²) in [6, 6.07) is 26.4. The summed E-state index contributed by atoms with van der Waals surface area (Å²) in [6.07, 6.45) is 6.12. The molecule has 4 aromatic carbocycles. The average Bonchev–Trinajstić information content (AvgIpc) is 3.32. The molecule has 6 rings (SSSR count). The fraction of sp³-hybridized carbons (Fsp3) is 0.250. The van der Waals surface area contributed by atoms with Crippen LogP contribution < -0.4 is 9.47 Å². The zero-order chi connectivity index (χ0) is 34.2. The maximum absolute atomic E-state index is 11.4.